The van der Waals surface area contributed by atoms with Gasteiger partial charge in [-0.15, -0.1) is 0 Å². The molecule has 0 N–H and O–H groups in total. The molecule has 0 radical (unpaired) electrons. The van der Waals surface area contributed by atoms with Crippen LogP contribution in [-0.2, 0) is 22.5 Å². The summed E-state index contributed by atoms with van der Waals surface area (Å²) in [5.74, 6) is -1.73. The molecule has 178 valence electrons. The smallest absolute Gasteiger partial charge is 0.267 e. The van der Waals surface area contributed by atoms with Crippen LogP contribution in [0.3, 0.4) is 0 Å². The standard InChI is InChI=1S/C26H27F2N3O3/c27-23-7-6-21(17-24(23)28)25-8-9-26(33)31(29-25)18-20-4-1-3-19(15-20)16-22(32)5-2-10-30-11-13-34-14-12-30/h1,3-4,6-9,15,17H,2,5,10-14,16,18H2. The monoisotopic (exact) mass is 467 g/mol. The minimum absolute atomic E-state index is 0.182. The van der Waals surface area contributed by atoms with Gasteiger partial charge in [0.2, 0.25) is 0 Å². The van der Waals surface area contributed by atoms with E-state index in [9.17, 15) is 18.4 Å². The van der Waals surface area contributed by atoms with E-state index in [1.807, 2.05) is 24.3 Å². The van der Waals surface area contributed by atoms with Crippen LogP contribution in [0.25, 0.3) is 11.3 Å². The van der Waals surface area contributed by atoms with Crippen molar-refractivity contribution in [1.82, 2.24) is 14.7 Å². The van der Waals surface area contributed by atoms with Crippen molar-refractivity contribution < 1.29 is 18.3 Å². The van der Waals surface area contributed by atoms with Crippen LogP contribution in [0, 0.1) is 11.6 Å². The maximum absolute atomic E-state index is 13.6. The normalized spacial score (nSPS) is 14.3. The number of nitrogens with zero attached hydrogens (tertiary/aromatic N) is 3. The number of carbonyl (C=O) groups excluding carboxylic acids is 1. The van der Waals surface area contributed by atoms with Crippen LogP contribution in [0.2, 0.25) is 0 Å². The second-order valence-electron chi connectivity index (χ2n) is 8.44. The van der Waals surface area contributed by atoms with Gasteiger partial charge < -0.3 is 4.74 Å². The SMILES string of the molecule is O=C(CCCN1CCOCC1)Cc1cccc(Cn2nc(-c3ccc(F)c(F)c3)ccc2=O)c1. The minimum Gasteiger partial charge on any atom is -0.379 e. The van der Waals surface area contributed by atoms with E-state index in [1.54, 1.807) is 0 Å². The Morgan fingerprint density at radius 2 is 1.76 bits per heavy atom. The molecular formula is C26H27F2N3O3. The summed E-state index contributed by atoms with van der Waals surface area (Å²) in [6, 6.07) is 13.9. The maximum Gasteiger partial charge on any atom is 0.267 e. The highest BCUT2D eigenvalue weighted by molar-refractivity contribution is 5.80. The lowest BCUT2D eigenvalue weighted by Gasteiger charge is -2.26. The van der Waals surface area contributed by atoms with E-state index in [0.717, 1.165) is 62.5 Å². The summed E-state index contributed by atoms with van der Waals surface area (Å²) in [4.78, 5) is 27.1. The zero-order chi connectivity index (χ0) is 23.9. The third kappa shape index (κ3) is 6.42. The lowest BCUT2D eigenvalue weighted by atomic mass is 10.0. The number of ether oxygens (including phenoxy) is 1. The molecule has 4 rings (SSSR count). The molecule has 2 aromatic carbocycles. The summed E-state index contributed by atoms with van der Waals surface area (Å²) in [6.07, 6.45) is 1.70. The number of hydrogen-bond acceptors (Lipinski definition) is 5. The molecule has 1 aliphatic rings. The average Bonchev–Trinajstić information content (AvgIpc) is 2.83. The molecule has 0 atom stereocenters. The van der Waals surface area contributed by atoms with Crippen molar-refractivity contribution in [3.8, 4) is 11.3 Å². The molecule has 8 heteroatoms. The summed E-state index contributed by atoms with van der Waals surface area (Å²) in [6.45, 7) is 4.44. The minimum atomic E-state index is -0.973. The Hall–Kier alpha value is -3.23. The van der Waals surface area contributed by atoms with E-state index < -0.39 is 11.6 Å². The first kappa shape index (κ1) is 23.9. The molecule has 0 amide bonds. The summed E-state index contributed by atoms with van der Waals surface area (Å²) in [7, 11) is 0. The summed E-state index contributed by atoms with van der Waals surface area (Å²) < 4.78 is 33.5. The van der Waals surface area contributed by atoms with Crippen LogP contribution >= 0.6 is 0 Å². The Morgan fingerprint density at radius 3 is 2.56 bits per heavy atom. The highest BCUT2D eigenvalue weighted by Crippen LogP contribution is 2.19. The number of hydrogen-bond donors (Lipinski definition) is 0. The van der Waals surface area contributed by atoms with E-state index in [0.29, 0.717) is 24.1 Å². The number of morpholine rings is 1. The second kappa shape index (κ2) is 11.3. The molecular weight excluding hydrogens is 440 g/mol. The van der Waals surface area contributed by atoms with Gasteiger partial charge in [0.15, 0.2) is 11.6 Å². The highest BCUT2D eigenvalue weighted by Gasteiger charge is 2.12. The summed E-state index contributed by atoms with van der Waals surface area (Å²) >= 11 is 0. The molecule has 1 fully saturated rings. The van der Waals surface area contributed by atoms with E-state index in [4.69, 9.17) is 4.74 Å². The van der Waals surface area contributed by atoms with Crippen LogP contribution in [0.1, 0.15) is 24.0 Å². The maximum atomic E-state index is 13.6. The number of aromatic nitrogens is 2. The number of ketones is 1. The fourth-order valence-corrected chi connectivity index (χ4v) is 4.02. The van der Waals surface area contributed by atoms with Gasteiger partial charge in [-0.1, -0.05) is 24.3 Å². The van der Waals surface area contributed by atoms with Crippen LogP contribution in [0.4, 0.5) is 8.78 Å². The zero-order valence-electron chi connectivity index (χ0n) is 18.9. The zero-order valence-corrected chi connectivity index (χ0v) is 18.9. The molecule has 0 aliphatic carbocycles. The molecule has 0 spiro atoms. The van der Waals surface area contributed by atoms with Gasteiger partial charge in [0.05, 0.1) is 25.5 Å². The predicted molar refractivity (Wildman–Crippen MR) is 125 cm³/mol. The highest BCUT2D eigenvalue weighted by atomic mass is 19.2. The predicted octanol–water partition coefficient (Wildman–Crippen LogP) is 3.46. The van der Waals surface area contributed by atoms with Crippen molar-refractivity contribution in [2.24, 2.45) is 0 Å². The molecule has 1 aliphatic heterocycles. The van der Waals surface area contributed by atoms with Crippen molar-refractivity contribution in [2.45, 2.75) is 25.8 Å². The van der Waals surface area contributed by atoms with Crippen molar-refractivity contribution >= 4 is 5.78 Å². The Morgan fingerprint density at radius 1 is 0.971 bits per heavy atom. The van der Waals surface area contributed by atoms with Crippen molar-refractivity contribution in [2.75, 3.05) is 32.8 Å². The number of halogens is 2. The third-order valence-electron chi connectivity index (χ3n) is 5.84. The van der Waals surface area contributed by atoms with Crippen LogP contribution in [0.15, 0.2) is 59.4 Å². The number of Topliss-reactive ketones (excluding diaryl/α,β-unsaturated/α-hetero) is 1. The Bertz CT molecular complexity index is 1210. The molecule has 0 unspecified atom stereocenters. The van der Waals surface area contributed by atoms with Crippen LogP contribution in [-0.4, -0.2) is 53.3 Å². The number of benzene rings is 2. The van der Waals surface area contributed by atoms with Gasteiger partial charge in [-0.3, -0.25) is 14.5 Å². The van der Waals surface area contributed by atoms with Crippen molar-refractivity contribution in [1.29, 1.82) is 0 Å². The van der Waals surface area contributed by atoms with E-state index in [-0.39, 0.29) is 17.9 Å². The Balaban J connectivity index is 1.38. The van der Waals surface area contributed by atoms with Crippen molar-refractivity contribution in [3.63, 3.8) is 0 Å². The average molecular weight is 468 g/mol. The van der Waals surface area contributed by atoms with Crippen LogP contribution < -0.4 is 5.56 Å². The van der Waals surface area contributed by atoms with Gasteiger partial charge >= 0.3 is 0 Å². The third-order valence-corrected chi connectivity index (χ3v) is 5.84. The van der Waals surface area contributed by atoms with E-state index in [2.05, 4.69) is 10.00 Å². The summed E-state index contributed by atoms with van der Waals surface area (Å²) in [5.41, 5.74) is 2.15. The first-order chi connectivity index (χ1) is 16.5. The topological polar surface area (TPSA) is 64.4 Å². The Labute approximate surface area is 196 Å². The molecule has 0 bridgehead atoms. The number of carbonyl (C=O) groups is 1. The molecule has 0 saturated carbocycles. The fourth-order valence-electron chi connectivity index (χ4n) is 4.02. The van der Waals surface area contributed by atoms with E-state index >= 15 is 0 Å². The molecule has 1 saturated heterocycles. The quantitative estimate of drug-likeness (QED) is 0.482. The van der Waals surface area contributed by atoms with E-state index in [1.165, 1.54) is 22.9 Å². The van der Waals surface area contributed by atoms with Crippen LogP contribution in [0.5, 0.6) is 0 Å². The van der Waals surface area contributed by atoms with Gasteiger partial charge in [0.1, 0.15) is 5.78 Å². The second-order valence-corrected chi connectivity index (χ2v) is 8.44. The van der Waals surface area contributed by atoms with Gasteiger partial charge in [-0.25, -0.2) is 13.5 Å². The Kier molecular flexibility index (Phi) is 7.92. The largest absolute Gasteiger partial charge is 0.379 e. The molecule has 3 aromatic rings. The van der Waals surface area contributed by atoms with Gasteiger partial charge in [-0.2, -0.15) is 5.10 Å². The van der Waals surface area contributed by atoms with Crippen molar-refractivity contribution in [3.05, 3.63) is 87.7 Å². The lowest BCUT2D eigenvalue weighted by Crippen LogP contribution is -2.37. The van der Waals surface area contributed by atoms with Gasteiger partial charge in [0.25, 0.3) is 5.56 Å². The fraction of sp³-hybridized carbons (Fsp3) is 0.346. The molecule has 6 nitrogen and oxygen atoms in total. The first-order valence-electron chi connectivity index (χ1n) is 11.4. The first-order valence-corrected chi connectivity index (χ1v) is 11.4. The number of rotatable bonds is 9. The summed E-state index contributed by atoms with van der Waals surface area (Å²) in [5, 5.41) is 4.32. The van der Waals surface area contributed by atoms with Gasteiger partial charge in [0, 0.05) is 37.6 Å². The molecule has 1 aromatic heterocycles. The molecule has 2 heterocycles. The molecule has 34 heavy (non-hydrogen) atoms. The van der Waals surface area contributed by atoms with Gasteiger partial charge in [-0.05, 0) is 48.4 Å². The lowest BCUT2D eigenvalue weighted by molar-refractivity contribution is -0.118.